The highest BCUT2D eigenvalue weighted by Crippen LogP contribution is 2.27. The number of hydrogen-bond donors (Lipinski definition) is 1. The summed E-state index contributed by atoms with van der Waals surface area (Å²) in [5.74, 6) is -1.12. The lowest BCUT2D eigenvalue weighted by atomic mass is 10.1. The number of nitrogens with one attached hydrogen (secondary N) is 1. The predicted molar refractivity (Wildman–Crippen MR) is 75.3 cm³/mol. The number of alkyl halides is 2. The molecule has 0 fully saturated rings. The van der Waals surface area contributed by atoms with Crippen molar-refractivity contribution in [1.82, 2.24) is 10.2 Å². The van der Waals surface area contributed by atoms with Gasteiger partial charge >= 0.3 is 5.97 Å². The Balaban J connectivity index is 2.23. The van der Waals surface area contributed by atoms with Crippen molar-refractivity contribution in [2.75, 3.05) is 5.32 Å². The van der Waals surface area contributed by atoms with E-state index in [-0.39, 0.29) is 16.4 Å². The van der Waals surface area contributed by atoms with Crippen LogP contribution in [0.5, 0.6) is 5.75 Å². The minimum atomic E-state index is -2.75. The van der Waals surface area contributed by atoms with Gasteiger partial charge in [-0.2, -0.15) is 0 Å². The van der Waals surface area contributed by atoms with E-state index >= 15 is 0 Å². The van der Waals surface area contributed by atoms with E-state index < -0.39 is 23.3 Å². The van der Waals surface area contributed by atoms with Gasteiger partial charge in [-0.25, -0.2) is 8.78 Å². The molecule has 1 N–H and O–H groups in total. The van der Waals surface area contributed by atoms with Gasteiger partial charge in [-0.1, -0.05) is 17.4 Å². The largest absolute Gasteiger partial charge is 0.426 e. The molecular formula is C13H11F2N3O3S. The molecule has 0 bridgehead atoms. The molecule has 0 aliphatic rings. The Morgan fingerprint density at radius 1 is 1.32 bits per heavy atom. The molecule has 116 valence electrons. The van der Waals surface area contributed by atoms with Gasteiger partial charge < -0.3 is 4.74 Å². The lowest BCUT2D eigenvalue weighted by molar-refractivity contribution is -0.131. The second kappa shape index (κ2) is 6.56. The zero-order valence-corrected chi connectivity index (χ0v) is 12.4. The molecule has 0 saturated heterocycles. The summed E-state index contributed by atoms with van der Waals surface area (Å²) in [5.41, 5.74) is 0.887. The molecule has 2 aromatic rings. The summed E-state index contributed by atoms with van der Waals surface area (Å²) >= 11 is 0.575. The fourth-order valence-electron chi connectivity index (χ4n) is 1.59. The third-order valence-corrected chi connectivity index (χ3v) is 3.33. The number of nitrogens with zero attached hydrogens (tertiary/aromatic N) is 2. The van der Waals surface area contributed by atoms with Crippen molar-refractivity contribution in [3.05, 3.63) is 34.3 Å². The molecule has 0 saturated carbocycles. The van der Waals surface area contributed by atoms with Crippen LogP contribution in [0.25, 0.3) is 0 Å². The van der Waals surface area contributed by atoms with Crippen molar-refractivity contribution in [2.45, 2.75) is 20.3 Å². The molecule has 6 nitrogen and oxygen atoms in total. The third-order valence-electron chi connectivity index (χ3n) is 2.48. The normalized spacial score (nSPS) is 10.6. The number of hydrogen-bond acceptors (Lipinski definition) is 6. The van der Waals surface area contributed by atoms with E-state index in [0.29, 0.717) is 11.3 Å². The SMILES string of the molecule is CC(=O)Oc1cc(C)ccc1C(=O)Nc1nnc(C(F)F)s1. The predicted octanol–water partition coefficient (Wildman–Crippen LogP) is 2.96. The van der Waals surface area contributed by atoms with Gasteiger partial charge in [0.25, 0.3) is 12.3 Å². The highest BCUT2D eigenvalue weighted by atomic mass is 32.1. The van der Waals surface area contributed by atoms with Crippen LogP contribution in [-0.2, 0) is 4.79 Å². The Morgan fingerprint density at radius 3 is 2.64 bits per heavy atom. The first-order valence-corrected chi connectivity index (χ1v) is 6.90. The number of halogens is 2. The molecule has 0 aliphatic carbocycles. The minimum absolute atomic E-state index is 0.0605. The number of esters is 1. The second-order valence-electron chi connectivity index (χ2n) is 4.29. The van der Waals surface area contributed by atoms with Gasteiger partial charge in [-0.3, -0.25) is 14.9 Å². The molecule has 1 heterocycles. The number of carbonyl (C=O) groups excluding carboxylic acids is 2. The summed E-state index contributed by atoms with van der Waals surface area (Å²) < 4.78 is 29.8. The highest BCUT2D eigenvalue weighted by molar-refractivity contribution is 7.15. The van der Waals surface area contributed by atoms with Gasteiger partial charge in [0, 0.05) is 6.92 Å². The number of ether oxygens (including phenoxy) is 1. The number of benzene rings is 1. The van der Waals surface area contributed by atoms with Crippen LogP contribution < -0.4 is 10.1 Å². The van der Waals surface area contributed by atoms with Crippen molar-refractivity contribution in [2.24, 2.45) is 0 Å². The lowest BCUT2D eigenvalue weighted by Crippen LogP contribution is -2.15. The van der Waals surface area contributed by atoms with E-state index in [0.717, 1.165) is 5.56 Å². The smallest absolute Gasteiger partial charge is 0.308 e. The first kappa shape index (κ1) is 16.0. The number of aryl methyl sites for hydroxylation is 1. The van der Waals surface area contributed by atoms with Crippen LogP contribution in [0.2, 0.25) is 0 Å². The Hall–Kier alpha value is -2.42. The fourth-order valence-corrected chi connectivity index (χ4v) is 2.19. The van der Waals surface area contributed by atoms with Gasteiger partial charge in [0.15, 0.2) is 5.01 Å². The van der Waals surface area contributed by atoms with Crippen LogP contribution in [-0.4, -0.2) is 22.1 Å². The van der Waals surface area contributed by atoms with Crippen LogP contribution in [0.4, 0.5) is 13.9 Å². The van der Waals surface area contributed by atoms with Crippen molar-refractivity contribution in [3.63, 3.8) is 0 Å². The number of anilines is 1. The van der Waals surface area contributed by atoms with Gasteiger partial charge in [0.2, 0.25) is 5.13 Å². The molecule has 0 unspecified atom stereocenters. The fraction of sp³-hybridized carbons (Fsp3) is 0.231. The van der Waals surface area contributed by atoms with E-state index in [4.69, 9.17) is 4.74 Å². The Morgan fingerprint density at radius 2 is 2.05 bits per heavy atom. The van der Waals surface area contributed by atoms with E-state index in [1.54, 1.807) is 13.0 Å². The van der Waals surface area contributed by atoms with Gasteiger partial charge in [0.1, 0.15) is 5.75 Å². The Kier molecular flexibility index (Phi) is 4.76. The maximum atomic E-state index is 12.4. The summed E-state index contributed by atoms with van der Waals surface area (Å²) in [6, 6.07) is 4.66. The van der Waals surface area contributed by atoms with Crippen LogP contribution >= 0.6 is 11.3 Å². The number of rotatable bonds is 4. The lowest BCUT2D eigenvalue weighted by Gasteiger charge is -2.09. The van der Waals surface area contributed by atoms with Crippen molar-refractivity contribution >= 4 is 28.3 Å². The summed E-state index contributed by atoms with van der Waals surface area (Å²) in [6.07, 6.45) is -2.75. The van der Waals surface area contributed by atoms with E-state index in [1.165, 1.54) is 19.1 Å². The zero-order valence-electron chi connectivity index (χ0n) is 11.6. The van der Waals surface area contributed by atoms with Gasteiger partial charge in [-0.15, -0.1) is 10.2 Å². The van der Waals surface area contributed by atoms with Crippen LogP contribution in [0.1, 0.15) is 34.3 Å². The second-order valence-corrected chi connectivity index (χ2v) is 5.30. The van der Waals surface area contributed by atoms with Gasteiger partial charge in [0.05, 0.1) is 5.56 Å². The number of carbonyl (C=O) groups is 2. The van der Waals surface area contributed by atoms with E-state index in [1.807, 2.05) is 0 Å². The monoisotopic (exact) mass is 327 g/mol. The van der Waals surface area contributed by atoms with Crippen LogP contribution in [0, 0.1) is 6.92 Å². The van der Waals surface area contributed by atoms with E-state index in [2.05, 4.69) is 15.5 Å². The molecule has 2 rings (SSSR count). The maximum Gasteiger partial charge on any atom is 0.308 e. The molecule has 0 radical (unpaired) electrons. The summed E-state index contributed by atoms with van der Waals surface area (Å²) in [4.78, 5) is 23.2. The number of aromatic nitrogens is 2. The molecule has 0 atom stereocenters. The molecule has 0 aliphatic heterocycles. The standard InChI is InChI=1S/C13H11F2N3O3S/c1-6-3-4-8(9(5-6)21-7(2)19)11(20)16-13-18-17-12(22-13)10(14)15/h3-5,10H,1-2H3,(H,16,18,20). The molecular weight excluding hydrogens is 316 g/mol. The van der Waals surface area contributed by atoms with Crippen LogP contribution in [0.15, 0.2) is 18.2 Å². The maximum absolute atomic E-state index is 12.4. The first-order valence-electron chi connectivity index (χ1n) is 6.09. The molecule has 1 aromatic carbocycles. The van der Waals surface area contributed by atoms with Crippen molar-refractivity contribution in [1.29, 1.82) is 0 Å². The van der Waals surface area contributed by atoms with E-state index in [9.17, 15) is 18.4 Å². The molecule has 9 heteroatoms. The highest BCUT2D eigenvalue weighted by Gasteiger charge is 2.18. The number of amides is 1. The average molecular weight is 327 g/mol. The Bertz CT molecular complexity index is 718. The first-order chi connectivity index (χ1) is 10.4. The Labute approximate surface area is 128 Å². The zero-order chi connectivity index (χ0) is 16.3. The van der Waals surface area contributed by atoms with Crippen LogP contribution in [0.3, 0.4) is 0 Å². The van der Waals surface area contributed by atoms with Crippen molar-refractivity contribution < 1.29 is 23.1 Å². The quantitative estimate of drug-likeness (QED) is 0.690. The van der Waals surface area contributed by atoms with Gasteiger partial charge in [-0.05, 0) is 24.6 Å². The molecule has 1 aromatic heterocycles. The van der Waals surface area contributed by atoms with Crippen molar-refractivity contribution in [3.8, 4) is 5.75 Å². The molecule has 22 heavy (non-hydrogen) atoms. The molecule has 1 amide bonds. The summed E-state index contributed by atoms with van der Waals surface area (Å²) in [5, 5.41) is 8.53. The summed E-state index contributed by atoms with van der Waals surface area (Å²) in [6.45, 7) is 2.98. The third kappa shape index (κ3) is 3.82. The summed E-state index contributed by atoms with van der Waals surface area (Å²) in [7, 11) is 0. The average Bonchev–Trinajstić information content (AvgIpc) is 2.86. The molecule has 0 spiro atoms. The minimum Gasteiger partial charge on any atom is -0.426 e. The topological polar surface area (TPSA) is 81.2 Å².